The molecule has 1 heterocycles. The summed E-state index contributed by atoms with van der Waals surface area (Å²) < 4.78 is 18.8. The number of rotatable bonds is 4. The first-order chi connectivity index (χ1) is 9.95. The van der Waals surface area contributed by atoms with E-state index >= 15 is 0 Å². The number of nitrogens with zero attached hydrogens (tertiary/aromatic N) is 1. The molecular formula is C15H14BrFN2O2. The van der Waals surface area contributed by atoms with E-state index < -0.39 is 11.8 Å². The molecule has 1 aromatic heterocycles. The lowest BCUT2D eigenvalue weighted by atomic mass is 10.3. The van der Waals surface area contributed by atoms with Crippen LogP contribution in [0, 0.1) is 5.82 Å². The maximum Gasteiger partial charge on any atom is 0.362 e. The first-order valence-electron chi connectivity index (χ1n) is 6.36. The van der Waals surface area contributed by atoms with Gasteiger partial charge in [-0.3, -0.25) is 0 Å². The van der Waals surface area contributed by atoms with Crippen molar-refractivity contribution in [1.82, 2.24) is 4.98 Å². The molecule has 1 N–H and O–H groups in total. The lowest BCUT2D eigenvalue weighted by molar-refractivity contribution is 0.0728. The number of ether oxygens (including phenoxy) is 1. The van der Waals surface area contributed by atoms with Crippen LogP contribution >= 0.6 is 15.9 Å². The maximum atomic E-state index is 13.4. The largest absolute Gasteiger partial charge is 0.422 e. The second-order valence-electron chi connectivity index (χ2n) is 4.67. The second-order valence-corrected chi connectivity index (χ2v) is 5.53. The third-order valence-electron chi connectivity index (χ3n) is 2.50. The third-order valence-corrected chi connectivity index (χ3v) is 3.14. The van der Waals surface area contributed by atoms with Gasteiger partial charge < -0.3 is 10.1 Å². The summed E-state index contributed by atoms with van der Waals surface area (Å²) in [6.07, 6.45) is 0. The molecule has 0 spiro atoms. The first kappa shape index (κ1) is 15.4. The lowest BCUT2D eigenvalue weighted by Crippen LogP contribution is -2.15. The molecule has 2 rings (SSSR count). The Morgan fingerprint density at radius 3 is 2.76 bits per heavy atom. The van der Waals surface area contributed by atoms with E-state index in [1.165, 1.54) is 12.1 Å². The van der Waals surface area contributed by atoms with Gasteiger partial charge in [0.2, 0.25) is 0 Å². The minimum absolute atomic E-state index is 0.129. The number of pyridine rings is 1. The number of carbonyl (C=O) groups excluding carboxylic acids is 1. The summed E-state index contributed by atoms with van der Waals surface area (Å²) in [6.45, 7) is 3.94. The minimum Gasteiger partial charge on any atom is -0.422 e. The van der Waals surface area contributed by atoms with Crippen LogP contribution in [-0.4, -0.2) is 17.0 Å². The van der Waals surface area contributed by atoms with Gasteiger partial charge in [0, 0.05) is 12.1 Å². The summed E-state index contributed by atoms with van der Waals surface area (Å²) >= 11 is 3.04. The van der Waals surface area contributed by atoms with Gasteiger partial charge >= 0.3 is 5.97 Å². The topological polar surface area (TPSA) is 51.2 Å². The van der Waals surface area contributed by atoms with Crippen molar-refractivity contribution in [3.8, 4) is 5.75 Å². The van der Waals surface area contributed by atoms with Gasteiger partial charge in [0.1, 0.15) is 17.4 Å². The smallest absolute Gasteiger partial charge is 0.362 e. The fourth-order valence-electron chi connectivity index (χ4n) is 1.62. The highest BCUT2D eigenvalue weighted by Crippen LogP contribution is 2.21. The first-order valence-corrected chi connectivity index (χ1v) is 7.16. The zero-order valence-corrected chi connectivity index (χ0v) is 13.1. The van der Waals surface area contributed by atoms with Crippen LogP contribution in [0.3, 0.4) is 0 Å². The molecule has 1 aromatic carbocycles. The number of anilines is 1. The summed E-state index contributed by atoms with van der Waals surface area (Å²) in [4.78, 5) is 16.2. The van der Waals surface area contributed by atoms with Gasteiger partial charge in [-0.2, -0.15) is 0 Å². The Bertz CT molecular complexity index is 662. The van der Waals surface area contributed by atoms with Crippen molar-refractivity contribution in [3.05, 3.63) is 52.4 Å². The number of nitrogens with one attached hydrogen (secondary N) is 1. The number of halogens is 2. The van der Waals surface area contributed by atoms with E-state index in [2.05, 4.69) is 26.2 Å². The lowest BCUT2D eigenvalue weighted by Gasteiger charge is -2.10. The Kier molecular flexibility index (Phi) is 4.90. The van der Waals surface area contributed by atoms with Crippen LogP contribution in [0.2, 0.25) is 0 Å². The van der Waals surface area contributed by atoms with E-state index in [4.69, 9.17) is 4.74 Å². The molecule has 0 saturated carbocycles. The van der Waals surface area contributed by atoms with Gasteiger partial charge in [0.15, 0.2) is 5.69 Å². The van der Waals surface area contributed by atoms with Crippen LogP contribution in [0.15, 0.2) is 40.9 Å². The predicted molar refractivity (Wildman–Crippen MR) is 82.1 cm³/mol. The molecule has 0 amide bonds. The Balaban J connectivity index is 2.14. The summed E-state index contributed by atoms with van der Waals surface area (Å²) in [5, 5.41) is 3.10. The molecule has 6 heteroatoms. The Morgan fingerprint density at radius 1 is 1.33 bits per heavy atom. The van der Waals surface area contributed by atoms with Crippen LogP contribution in [0.25, 0.3) is 0 Å². The number of aromatic nitrogens is 1. The van der Waals surface area contributed by atoms with Gasteiger partial charge in [-0.25, -0.2) is 14.2 Å². The van der Waals surface area contributed by atoms with Crippen LogP contribution in [0.4, 0.5) is 10.2 Å². The Hall–Kier alpha value is -1.95. The van der Waals surface area contributed by atoms with E-state index in [-0.39, 0.29) is 17.5 Å². The van der Waals surface area contributed by atoms with Gasteiger partial charge in [-0.05, 0) is 54.0 Å². The van der Waals surface area contributed by atoms with E-state index in [0.717, 1.165) is 6.07 Å². The molecule has 0 atom stereocenters. The molecule has 0 aliphatic heterocycles. The summed E-state index contributed by atoms with van der Waals surface area (Å²) in [5.74, 6) is -0.418. The van der Waals surface area contributed by atoms with Crippen molar-refractivity contribution in [2.24, 2.45) is 0 Å². The highest BCUT2D eigenvalue weighted by Gasteiger charge is 2.12. The Morgan fingerprint density at radius 2 is 2.10 bits per heavy atom. The molecule has 2 aromatic rings. The van der Waals surface area contributed by atoms with Crippen molar-refractivity contribution < 1.29 is 13.9 Å². The molecule has 0 radical (unpaired) electrons. The van der Waals surface area contributed by atoms with E-state index in [9.17, 15) is 9.18 Å². The standard InChI is InChI=1S/C15H14BrFN2O2/c1-9(2)18-14-5-3-4-13(19-14)15(20)21-10-6-7-11(16)12(17)8-10/h3-9H,1-2H3,(H,18,19). The van der Waals surface area contributed by atoms with Crippen LogP contribution < -0.4 is 10.1 Å². The molecule has 0 unspecified atom stereocenters. The molecule has 4 nitrogen and oxygen atoms in total. The molecule has 0 aliphatic carbocycles. The van der Waals surface area contributed by atoms with E-state index in [0.29, 0.717) is 10.3 Å². The van der Waals surface area contributed by atoms with Crippen LogP contribution in [0.1, 0.15) is 24.3 Å². The summed E-state index contributed by atoms with van der Waals surface area (Å²) in [5.41, 5.74) is 0.156. The molecule has 110 valence electrons. The average Bonchev–Trinajstić information content (AvgIpc) is 2.42. The number of benzene rings is 1. The third kappa shape index (κ3) is 4.26. The van der Waals surface area contributed by atoms with Crippen molar-refractivity contribution in [2.45, 2.75) is 19.9 Å². The monoisotopic (exact) mass is 352 g/mol. The second kappa shape index (κ2) is 6.67. The van der Waals surface area contributed by atoms with Crippen molar-refractivity contribution in [2.75, 3.05) is 5.32 Å². The molecule has 0 aliphatic rings. The molecular weight excluding hydrogens is 339 g/mol. The predicted octanol–water partition coefficient (Wildman–Crippen LogP) is 4.02. The number of esters is 1. The average molecular weight is 353 g/mol. The van der Waals surface area contributed by atoms with Gasteiger partial charge in [-0.15, -0.1) is 0 Å². The number of carbonyl (C=O) groups is 1. The van der Waals surface area contributed by atoms with Crippen molar-refractivity contribution >= 4 is 27.7 Å². The molecule has 21 heavy (non-hydrogen) atoms. The van der Waals surface area contributed by atoms with Crippen LogP contribution in [0.5, 0.6) is 5.75 Å². The van der Waals surface area contributed by atoms with Crippen molar-refractivity contribution in [1.29, 1.82) is 0 Å². The fourth-order valence-corrected chi connectivity index (χ4v) is 1.87. The fraction of sp³-hybridized carbons (Fsp3) is 0.200. The van der Waals surface area contributed by atoms with Crippen molar-refractivity contribution in [3.63, 3.8) is 0 Å². The van der Waals surface area contributed by atoms with E-state index in [1.54, 1.807) is 18.2 Å². The van der Waals surface area contributed by atoms with E-state index in [1.807, 2.05) is 13.8 Å². The highest BCUT2D eigenvalue weighted by atomic mass is 79.9. The summed E-state index contributed by atoms with van der Waals surface area (Å²) in [7, 11) is 0. The van der Waals surface area contributed by atoms with Gasteiger partial charge in [-0.1, -0.05) is 6.07 Å². The minimum atomic E-state index is -0.635. The SMILES string of the molecule is CC(C)Nc1cccc(C(=O)Oc2ccc(Br)c(F)c2)n1. The highest BCUT2D eigenvalue weighted by molar-refractivity contribution is 9.10. The zero-order chi connectivity index (χ0) is 15.4. The number of hydrogen-bond acceptors (Lipinski definition) is 4. The van der Waals surface area contributed by atoms with Gasteiger partial charge in [0.05, 0.1) is 4.47 Å². The quantitative estimate of drug-likeness (QED) is 0.666. The zero-order valence-electron chi connectivity index (χ0n) is 11.6. The molecule has 0 fully saturated rings. The maximum absolute atomic E-state index is 13.4. The summed E-state index contributed by atoms with van der Waals surface area (Å²) in [6, 6.07) is 9.32. The molecule has 0 saturated heterocycles. The Labute approximate surface area is 130 Å². The van der Waals surface area contributed by atoms with Crippen LogP contribution in [-0.2, 0) is 0 Å². The van der Waals surface area contributed by atoms with Gasteiger partial charge in [0.25, 0.3) is 0 Å². The number of hydrogen-bond donors (Lipinski definition) is 1. The normalized spacial score (nSPS) is 10.5. The molecule has 0 bridgehead atoms.